The van der Waals surface area contributed by atoms with E-state index >= 15 is 0 Å². The van der Waals surface area contributed by atoms with Crippen LogP contribution in [0.2, 0.25) is 0 Å². The molecule has 1 fully saturated rings. The average Bonchev–Trinajstić information content (AvgIpc) is 3.67. The van der Waals surface area contributed by atoms with Crippen LogP contribution in [-0.4, -0.2) is 55.1 Å². The summed E-state index contributed by atoms with van der Waals surface area (Å²) >= 11 is 1.63. The van der Waals surface area contributed by atoms with Crippen LogP contribution >= 0.6 is 11.3 Å². The summed E-state index contributed by atoms with van der Waals surface area (Å²) in [5, 5.41) is 5.25. The van der Waals surface area contributed by atoms with Crippen molar-refractivity contribution in [3.8, 4) is 11.5 Å². The molecular formula is C33H43N3O4S. The van der Waals surface area contributed by atoms with Gasteiger partial charge in [-0.2, -0.15) is 0 Å². The van der Waals surface area contributed by atoms with E-state index in [1.165, 1.54) is 0 Å². The van der Waals surface area contributed by atoms with E-state index in [0.29, 0.717) is 31.0 Å². The number of methoxy groups -OCH3 is 2. The van der Waals surface area contributed by atoms with E-state index in [-0.39, 0.29) is 36.4 Å². The van der Waals surface area contributed by atoms with E-state index < -0.39 is 0 Å². The second-order valence-electron chi connectivity index (χ2n) is 11.2. The van der Waals surface area contributed by atoms with Crippen LogP contribution in [0.3, 0.4) is 0 Å². The molecule has 0 saturated heterocycles. The van der Waals surface area contributed by atoms with Crippen LogP contribution in [0, 0.1) is 0 Å². The molecule has 220 valence electrons. The van der Waals surface area contributed by atoms with E-state index in [9.17, 15) is 9.59 Å². The molecular weight excluding hydrogens is 534 g/mol. The molecule has 3 amide bonds. The number of amides is 3. The number of nitrogens with zero attached hydrogens (tertiary/aromatic N) is 2. The lowest BCUT2D eigenvalue weighted by Gasteiger charge is -2.29. The summed E-state index contributed by atoms with van der Waals surface area (Å²) in [5.41, 5.74) is 4.15. The zero-order chi connectivity index (χ0) is 29.5. The zero-order valence-electron chi connectivity index (χ0n) is 25.1. The van der Waals surface area contributed by atoms with Gasteiger partial charge in [-0.15, -0.1) is 11.3 Å². The zero-order valence-corrected chi connectivity index (χ0v) is 25.9. The number of ether oxygens (including phenoxy) is 2. The fraction of sp³-hybridized carbons (Fsp3) is 0.455. The van der Waals surface area contributed by atoms with Gasteiger partial charge in [-0.1, -0.05) is 58.0 Å². The summed E-state index contributed by atoms with van der Waals surface area (Å²) < 4.78 is 10.8. The lowest BCUT2D eigenvalue weighted by Crippen LogP contribution is -2.46. The van der Waals surface area contributed by atoms with Gasteiger partial charge in [0.05, 0.1) is 20.8 Å². The van der Waals surface area contributed by atoms with E-state index in [4.69, 9.17) is 9.47 Å². The topological polar surface area (TPSA) is 71.1 Å². The summed E-state index contributed by atoms with van der Waals surface area (Å²) in [6.45, 7) is 9.64. The number of nitrogens with one attached hydrogen (secondary N) is 1. The van der Waals surface area contributed by atoms with E-state index in [1.807, 2.05) is 40.6 Å². The number of hydrogen-bond acceptors (Lipinski definition) is 5. The van der Waals surface area contributed by atoms with Gasteiger partial charge in [-0.05, 0) is 71.4 Å². The molecule has 41 heavy (non-hydrogen) atoms. The van der Waals surface area contributed by atoms with Crippen molar-refractivity contribution in [1.82, 2.24) is 9.80 Å². The van der Waals surface area contributed by atoms with Crippen LogP contribution < -0.4 is 14.8 Å². The van der Waals surface area contributed by atoms with Gasteiger partial charge in [0, 0.05) is 23.2 Å². The highest BCUT2D eigenvalue weighted by Gasteiger charge is 2.35. The van der Waals surface area contributed by atoms with Crippen LogP contribution in [-0.2, 0) is 17.8 Å². The van der Waals surface area contributed by atoms with Gasteiger partial charge in [-0.25, -0.2) is 4.79 Å². The van der Waals surface area contributed by atoms with Crippen molar-refractivity contribution in [2.24, 2.45) is 0 Å². The Kier molecular flexibility index (Phi) is 10.3. The van der Waals surface area contributed by atoms with E-state index in [1.54, 1.807) is 30.5 Å². The van der Waals surface area contributed by atoms with Gasteiger partial charge in [0.2, 0.25) is 5.91 Å². The molecule has 2 aromatic carbocycles. The number of rotatable bonds is 13. The fourth-order valence-corrected chi connectivity index (χ4v) is 5.77. The van der Waals surface area contributed by atoms with Crippen molar-refractivity contribution < 1.29 is 19.1 Å². The van der Waals surface area contributed by atoms with E-state index in [0.717, 1.165) is 40.1 Å². The number of benzene rings is 2. The summed E-state index contributed by atoms with van der Waals surface area (Å²) in [5.74, 6) is 1.81. The molecule has 0 radical (unpaired) electrons. The summed E-state index contributed by atoms with van der Waals surface area (Å²) in [4.78, 5) is 32.3. The molecule has 1 N–H and O–H groups in total. The molecule has 0 spiro atoms. The number of thiophene rings is 1. The molecule has 4 rings (SSSR count). The molecule has 1 heterocycles. The first-order valence-electron chi connectivity index (χ1n) is 14.4. The van der Waals surface area contributed by atoms with Crippen molar-refractivity contribution in [1.29, 1.82) is 0 Å². The highest BCUT2D eigenvalue weighted by atomic mass is 32.1. The van der Waals surface area contributed by atoms with Crippen LogP contribution in [0.15, 0.2) is 53.9 Å². The Balaban J connectivity index is 1.52. The molecule has 1 aliphatic carbocycles. The van der Waals surface area contributed by atoms with Crippen molar-refractivity contribution in [3.05, 3.63) is 75.5 Å². The van der Waals surface area contributed by atoms with Crippen LogP contribution in [0.4, 0.5) is 10.5 Å². The number of hydrogen-bond donors (Lipinski definition) is 1. The molecule has 3 aromatic rings. The molecule has 0 atom stereocenters. The van der Waals surface area contributed by atoms with Crippen molar-refractivity contribution >= 4 is 29.0 Å². The molecule has 1 aromatic heterocycles. The van der Waals surface area contributed by atoms with Gasteiger partial charge < -0.3 is 24.6 Å². The highest BCUT2D eigenvalue weighted by Crippen LogP contribution is 2.34. The molecule has 1 saturated carbocycles. The lowest BCUT2D eigenvalue weighted by molar-refractivity contribution is -0.132. The second kappa shape index (κ2) is 13.9. The van der Waals surface area contributed by atoms with Crippen LogP contribution in [0.1, 0.15) is 73.9 Å². The van der Waals surface area contributed by atoms with Crippen molar-refractivity contribution in [3.63, 3.8) is 0 Å². The minimum absolute atomic E-state index is 0.0503. The summed E-state index contributed by atoms with van der Waals surface area (Å²) in [6, 6.07) is 16.0. The molecule has 0 bridgehead atoms. The molecule has 7 nitrogen and oxygen atoms in total. The Labute approximate surface area is 248 Å². The smallest absolute Gasteiger partial charge is 0.322 e. The Bertz CT molecular complexity index is 1290. The Morgan fingerprint density at radius 1 is 0.951 bits per heavy atom. The average molecular weight is 578 g/mol. The molecule has 1 aliphatic rings. The highest BCUT2D eigenvalue weighted by molar-refractivity contribution is 7.09. The maximum absolute atomic E-state index is 13.8. The number of para-hydroxylation sites is 1. The SMILES string of the molecule is COc1ccc(CCN(Cc2cccs2)C(=O)CN(C(=O)Nc2c(C(C)C)cccc2C(C)C)C2CC2)cc1OC. The summed E-state index contributed by atoms with van der Waals surface area (Å²) in [7, 11) is 3.24. The largest absolute Gasteiger partial charge is 0.493 e. The Morgan fingerprint density at radius 2 is 1.63 bits per heavy atom. The Hall–Kier alpha value is -3.52. The predicted molar refractivity (Wildman–Crippen MR) is 166 cm³/mol. The third-order valence-electron chi connectivity index (χ3n) is 7.56. The fourth-order valence-electron chi connectivity index (χ4n) is 5.06. The van der Waals surface area contributed by atoms with Crippen LogP contribution in [0.25, 0.3) is 0 Å². The normalized spacial score (nSPS) is 12.9. The van der Waals surface area contributed by atoms with Gasteiger partial charge in [0.1, 0.15) is 6.54 Å². The van der Waals surface area contributed by atoms with Gasteiger partial charge >= 0.3 is 6.03 Å². The summed E-state index contributed by atoms with van der Waals surface area (Å²) in [6.07, 6.45) is 2.49. The Morgan fingerprint density at radius 3 is 2.20 bits per heavy atom. The van der Waals surface area contributed by atoms with Gasteiger partial charge in [0.15, 0.2) is 11.5 Å². The van der Waals surface area contributed by atoms with Crippen molar-refractivity contribution in [2.45, 2.75) is 71.4 Å². The molecule has 0 aliphatic heterocycles. The first-order valence-corrected chi connectivity index (χ1v) is 15.3. The second-order valence-corrected chi connectivity index (χ2v) is 12.3. The quantitative estimate of drug-likeness (QED) is 0.232. The third-order valence-corrected chi connectivity index (χ3v) is 8.42. The monoisotopic (exact) mass is 577 g/mol. The van der Waals surface area contributed by atoms with E-state index in [2.05, 4.69) is 51.2 Å². The molecule has 8 heteroatoms. The minimum atomic E-state index is -0.202. The first-order chi connectivity index (χ1) is 19.7. The maximum atomic E-state index is 13.8. The number of anilines is 1. The van der Waals surface area contributed by atoms with Gasteiger partial charge in [-0.3, -0.25) is 4.79 Å². The number of urea groups is 1. The third kappa shape index (κ3) is 7.82. The number of carbonyl (C=O) groups is 2. The van der Waals surface area contributed by atoms with Crippen molar-refractivity contribution in [2.75, 3.05) is 32.6 Å². The van der Waals surface area contributed by atoms with Crippen LogP contribution in [0.5, 0.6) is 11.5 Å². The van der Waals surface area contributed by atoms with Gasteiger partial charge in [0.25, 0.3) is 0 Å². The standard InChI is InChI=1S/C33H43N3O4S/c1-22(2)27-10-7-11-28(23(3)4)32(27)34-33(38)36(25-13-14-25)21-31(37)35(20-26-9-8-18-41-26)17-16-24-12-15-29(39-5)30(19-24)40-6/h7-12,15,18-19,22-23,25H,13-14,16-17,20-21H2,1-6H3,(H,34,38). The lowest BCUT2D eigenvalue weighted by atomic mass is 9.93. The maximum Gasteiger partial charge on any atom is 0.322 e. The predicted octanol–water partition coefficient (Wildman–Crippen LogP) is 7.28. The first kappa shape index (κ1) is 30.4. The number of carbonyl (C=O) groups excluding carboxylic acids is 2. The molecule has 0 unspecified atom stereocenters. The minimum Gasteiger partial charge on any atom is -0.493 e.